The van der Waals surface area contributed by atoms with Gasteiger partial charge in [-0.25, -0.2) is 0 Å². The summed E-state index contributed by atoms with van der Waals surface area (Å²) in [5, 5.41) is 12.4. The van der Waals surface area contributed by atoms with E-state index in [-0.39, 0.29) is 6.10 Å². The zero-order chi connectivity index (χ0) is 8.27. The second kappa shape index (κ2) is 4.04. The summed E-state index contributed by atoms with van der Waals surface area (Å²) < 4.78 is 0. The Morgan fingerprint density at radius 2 is 2.27 bits per heavy atom. The van der Waals surface area contributed by atoms with Gasteiger partial charge in [-0.3, -0.25) is 4.90 Å². The van der Waals surface area contributed by atoms with Crippen molar-refractivity contribution < 1.29 is 5.11 Å². The molecule has 0 amide bonds. The third-order valence-corrected chi connectivity index (χ3v) is 2.48. The number of aliphatic hydroxyl groups is 1. The van der Waals surface area contributed by atoms with Gasteiger partial charge in [-0.2, -0.15) is 0 Å². The van der Waals surface area contributed by atoms with Crippen LogP contribution in [0.15, 0.2) is 0 Å². The minimum atomic E-state index is -0.0724. The maximum Gasteiger partial charge on any atom is 0.0695 e. The van der Waals surface area contributed by atoms with Crippen molar-refractivity contribution in [3.8, 4) is 0 Å². The van der Waals surface area contributed by atoms with Crippen molar-refractivity contribution >= 4 is 0 Å². The normalized spacial score (nSPS) is 30.5. The molecule has 3 heteroatoms. The zero-order valence-electron chi connectivity index (χ0n) is 7.38. The molecular formula is C8H18N2O. The molecule has 1 aliphatic rings. The van der Waals surface area contributed by atoms with E-state index in [2.05, 4.69) is 17.3 Å². The van der Waals surface area contributed by atoms with Crippen molar-refractivity contribution in [2.75, 3.05) is 27.2 Å². The summed E-state index contributed by atoms with van der Waals surface area (Å²) in [6.07, 6.45) is 2.06. The predicted octanol–water partition coefficient (Wildman–Crippen LogP) is -0.339. The first-order valence-corrected chi connectivity index (χ1v) is 4.28. The standard InChI is InChI=1S/C8H18N2O/c1-9-5-6-10(2)7-3-4-8(7)11/h7-9,11H,3-6H2,1-2H3/t7-,8-/m1/s1. The quantitative estimate of drug-likeness (QED) is 0.587. The van der Waals surface area contributed by atoms with E-state index in [1.54, 1.807) is 0 Å². The number of aliphatic hydroxyl groups excluding tert-OH is 1. The van der Waals surface area contributed by atoms with Crippen LogP contribution in [0.25, 0.3) is 0 Å². The van der Waals surface area contributed by atoms with Crippen molar-refractivity contribution in [1.29, 1.82) is 0 Å². The lowest BCUT2D eigenvalue weighted by atomic mass is 9.88. The second-order valence-corrected chi connectivity index (χ2v) is 3.30. The Hall–Kier alpha value is -0.120. The van der Waals surface area contributed by atoms with Gasteiger partial charge >= 0.3 is 0 Å². The molecule has 1 aliphatic carbocycles. The van der Waals surface area contributed by atoms with E-state index in [1.807, 2.05) is 7.05 Å². The predicted molar refractivity (Wildman–Crippen MR) is 45.6 cm³/mol. The maximum atomic E-state index is 9.32. The lowest BCUT2D eigenvalue weighted by molar-refractivity contribution is -0.00897. The van der Waals surface area contributed by atoms with Crippen LogP contribution in [0.1, 0.15) is 12.8 Å². The highest BCUT2D eigenvalue weighted by Gasteiger charge is 2.31. The largest absolute Gasteiger partial charge is 0.391 e. The average Bonchev–Trinajstić information content (AvgIpc) is 1.98. The van der Waals surface area contributed by atoms with Gasteiger partial charge in [-0.05, 0) is 26.9 Å². The number of nitrogens with zero attached hydrogens (tertiary/aromatic N) is 1. The first-order valence-electron chi connectivity index (χ1n) is 4.28. The summed E-state index contributed by atoms with van der Waals surface area (Å²) in [7, 11) is 4.02. The van der Waals surface area contributed by atoms with Crippen LogP contribution in [0.4, 0.5) is 0 Å². The summed E-state index contributed by atoms with van der Waals surface area (Å²) in [6.45, 7) is 2.03. The van der Waals surface area contributed by atoms with Crippen LogP contribution in [-0.4, -0.2) is 49.3 Å². The fourth-order valence-electron chi connectivity index (χ4n) is 1.43. The SMILES string of the molecule is CNCCN(C)[C@@H]1CC[C@H]1O. The Morgan fingerprint density at radius 1 is 1.55 bits per heavy atom. The van der Waals surface area contributed by atoms with Gasteiger partial charge in [0.15, 0.2) is 0 Å². The highest BCUT2D eigenvalue weighted by Crippen LogP contribution is 2.23. The number of hydrogen-bond acceptors (Lipinski definition) is 3. The molecule has 0 radical (unpaired) electrons. The lowest BCUT2D eigenvalue weighted by Crippen LogP contribution is -2.50. The molecule has 0 aliphatic heterocycles. The molecule has 0 heterocycles. The van der Waals surface area contributed by atoms with E-state index in [9.17, 15) is 5.11 Å². The van der Waals surface area contributed by atoms with E-state index in [1.165, 1.54) is 0 Å². The van der Waals surface area contributed by atoms with Crippen LogP contribution in [0.3, 0.4) is 0 Å². The number of hydrogen-bond donors (Lipinski definition) is 2. The molecule has 0 aromatic carbocycles. The topological polar surface area (TPSA) is 35.5 Å². The highest BCUT2D eigenvalue weighted by atomic mass is 16.3. The van der Waals surface area contributed by atoms with Crippen molar-refractivity contribution in [2.24, 2.45) is 0 Å². The van der Waals surface area contributed by atoms with Gasteiger partial charge in [0.25, 0.3) is 0 Å². The third kappa shape index (κ3) is 2.15. The van der Waals surface area contributed by atoms with Gasteiger partial charge in [-0.15, -0.1) is 0 Å². The van der Waals surface area contributed by atoms with E-state index < -0.39 is 0 Å². The van der Waals surface area contributed by atoms with Crippen molar-refractivity contribution in [1.82, 2.24) is 10.2 Å². The molecule has 1 saturated carbocycles. The van der Waals surface area contributed by atoms with Crippen LogP contribution < -0.4 is 5.32 Å². The molecule has 0 saturated heterocycles. The van der Waals surface area contributed by atoms with E-state index in [0.29, 0.717) is 6.04 Å². The molecule has 2 N–H and O–H groups in total. The Balaban J connectivity index is 2.13. The van der Waals surface area contributed by atoms with E-state index in [0.717, 1.165) is 25.9 Å². The second-order valence-electron chi connectivity index (χ2n) is 3.30. The molecule has 0 bridgehead atoms. The van der Waals surface area contributed by atoms with Gasteiger partial charge < -0.3 is 10.4 Å². The lowest BCUT2D eigenvalue weighted by Gasteiger charge is -2.39. The summed E-state index contributed by atoms with van der Waals surface area (Å²) in [6, 6.07) is 0.420. The van der Waals surface area contributed by atoms with E-state index in [4.69, 9.17) is 0 Å². The molecule has 66 valence electrons. The molecular weight excluding hydrogens is 140 g/mol. The van der Waals surface area contributed by atoms with Crippen LogP contribution in [-0.2, 0) is 0 Å². The summed E-state index contributed by atoms with van der Waals surface area (Å²) in [5.41, 5.74) is 0. The maximum absolute atomic E-state index is 9.32. The first-order chi connectivity index (χ1) is 5.25. The number of rotatable bonds is 4. The van der Waals surface area contributed by atoms with Gasteiger partial charge in [0.05, 0.1) is 6.10 Å². The molecule has 11 heavy (non-hydrogen) atoms. The van der Waals surface area contributed by atoms with Crippen LogP contribution in [0.5, 0.6) is 0 Å². The summed E-state index contributed by atoms with van der Waals surface area (Å²) in [5.74, 6) is 0. The summed E-state index contributed by atoms with van der Waals surface area (Å²) in [4.78, 5) is 2.23. The van der Waals surface area contributed by atoms with Crippen LogP contribution >= 0.6 is 0 Å². The Morgan fingerprint density at radius 3 is 2.64 bits per heavy atom. The smallest absolute Gasteiger partial charge is 0.0695 e. The molecule has 3 nitrogen and oxygen atoms in total. The minimum Gasteiger partial charge on any atom is -0.391 e. The van der Waals surface area contributed by atoms with E-state index >= 15 is 0 Å². The fraction of sp³-hybridized carbons (Fsp3) is 1.00. The van der Waals surface area contributed by atoms with Crippen LogP contribution in [0.2, 0.25) is 0 Å². The Bertz CT molecular complexity index is 119. The zero-order valence-corrected chi connectivity index (χ0v) is 7.38. The van der Waals surface area contributed by atoms with Gasteiger partial charge in [0.1, 0.15) is 0 Å². The molecule has 1 rings (SSSR count). The van der Waals surface area contributed by atoms with Gasteiger partial charge in [0.2, 0.25) is 0 Å². The molecule has 0 aromatic rings. The monoisotopic (exact) mass is 158 g/mol. The molecule has 0 aromatic heterocycles. The van der Waals surface area contributed by atoms with Crippen molar-refractivity contribution in [3.05, 3.63) is 0 Å². The van der Waals surface area contributed by atoms with Gasteiger partial charge in [-0.1, -0.05) is 0 Å². The third-order valence-electron chi connectivity index (χ3n) is 2.48. The van der Waals surface area contributed by atoms with Gasteiger partial charge in [0, 0.05) is 19.1 Å². The number of likely N-dealkylation sites (N-methyl/N-ethyl adjacent to an activating group) is 2. The minimum absolute atomic E-state index is 0.0724. The first kappa shape index (κ1) is 8.97. The summed E-state index contributed by atoms with van der Waals surface area (Å²) >= 11 is 0. The molecule has 2 atom stereocenters. The number of nitrogens with one attached hydrogen (secondary N) is 1. The molecule has 1 fully saturated rings. The Kier molecular flexibility index (Phi) is 3.30. The highest BCUT2D eigenvalue weighted by molar-refractivity contribution is 4.87. The fourth-order valence-corrected chi connectivity index (χ4v) is 1.43. The molecule has 0 unspecified atom stereocenters. The average molecular weight is 158 g/mol. The molecule has 0 spiro atoms. The van der Waals surface area contributed by atoms with Crippen molar-refractivity contribution in [3.63, 3.8) is 0 Å². The van der Waals surface area contributed by atoms with Crippen LogP contribution in [0, 0.1) is 0 Å². The Labute approximate surface area is 68.4 Å². The van der Waals surface area contributed by atoms with Crippen molar-refractivity contribution in [2.45, 2.75) is 25.0 Å².